The largest absolute Gasteiger partial charge is 0.484 e. The number of nitrogens with one attached hydrogen (secondary N) is 2. The number of likely N-dealkylation sites (N-methyl/N-ethyl adjacent to an activating group) is 1. The molecule has 0 atom stereocenters. The van der Waals surface area contributed by atoms with Gasteiger partial charge in [-0.15, -0.1) is 0 Å². The Morgan fingerprint density at radius 3 is 2.54 bits per heavy atom. The van der Waals surface area contributed by atoms with E-state index in [0.29, 0.717) is 12.3 Å². The summed E-state index contributed by atoms with van der Waals surface area (Å²) in [4.78, 5) is 28.2. The molecule has 1 aromatic heterocycles. The highest BCUT2D eigenvalue weighted by molar-refractivity contribution is 5.79. The molecular formula is C20H30N4O4. The Balaban J connectivity index is 2.19. The molecule has 28 heavy (non-hydrogen) atoms. The predicted octanol–water partition coefficient (Wildman–Crippen LogP) is 3.16. The molecule has 0 spiro atoms. The van der Waals surface area contributed by atoms with Crippen molar-refractivity contribution in [3.8, 4) is 5.75 Å². The van der Waals surface area contributed by atoms with Gasteiger partial charge in [-0.2, -0.15) is 0 Å². The number of rotatable bonds is 7. The standard InChI is InChI=1S/C20H30N4O4/c1-7-21-18(25)12-27-14-8-9-15-16(10-14)24(13(2)3)17(23-15)11-22-19(26)28-20(4,5)6/h8-10,13H,7,11-12H2,1-6H3,(H,21,25)(H,22,26). The van der Waals surface area contributed by atoms with Gasteiger partial charge in [0.15, 0.2) is 6.61 Å². The maximum Gasteiger partial charge on any atom is 0.408 e. The minimum Gasteiger partial charge on any atom is -0.484 e. The van der Waals surface area contributed by atoms with Crippen LogP contribution < -0.4 is 15.4 Å². The minimum absolute atomic E-state index is 0.0395. The van der Waals surface area contributed by atoms with Crippen molar-refractivity contribution in [2.24, 2.45) is 0 Å². The molecule has 0 saturated heterocycles. The highest BCUT2D eigenvalue weighted by atomic mass is 16.6. The van der Waals surface area contributed by atoms with E-state index in [1.54, 1.807) is 6.07 Å². The number of carbonyl (C=O) groups excluding carboxylic acids is 2. The summed E-state index contributed by atoms with van der Waals surface area (Å²) in [7, 11) is 0. The summed E-state index contributed by atoms with van der Waals surface area (Å²) in [5, 5.41) is 5.45. The summed E-state index contributed by atoms with van der Waals surface area (Å²) in [6.07, 6.45) is -0.485. The number of aromatic nitrogens is 2. The Kier molecular flexibility index (Phi) is 6.88. The van der Waals surface area contributed by atoms with Crippen LogP contribution in [0.5, 0.6) is 5.75 Å². The summed E-state index contributed by atoms with van der Waals surface area (Å²) < 4.78 is 12.9. The van der Waals surface area contributed by atoms with E-state index in [-0.39, 0.29) is 25.1 Å². The number of fused-ring (bicyclic) bond motifs is 1. The van der Waals surface area contributed by atoms with Crippen molar-refractivity contribution in [3.05, 3.63) is 24.0 Å². The molecule has 2 N–H and O–H groups in total. The molecule has 8 heteroatoms. The Morgan fingerprint density at radius 2 is 1.93 bits per heavy atom. The van der Waals surface area contributed by atoms with E-state index in [9.17, 15) is 9.59 Å². The third kappa shape index (κ3) is 5.87. The molecule has 0 aliphatic heterocycles. The monoisotopic (exact) mass is 390 g/mol. The second-order valence-electron chi connectivity index (χ2n) is 7.74. The highest BCUT2D eigenvalue weighted by Crippen LogP contribution is 2.25. The average Bonchev–Trinajstić information content (AvgIpc) is 2.94. The normalized spacial score (nSPS) is 11.5. The van der Waals surface area contributed by atoms with Crippen LogP contribution in [0.2, 0.25) is 0 Å². The van der Waals surface area contributed by atoms with Crippen LogP contribution in [0.3, 0.4) is 0 Å². The van der Waals surface area contributed by atoms with Crippen LogP contribution in [-0.4, -0.2) is 40.3 Å². The maximum atomic E-state index is 12.0. The lowest BCUT2D eigenvalue weighted by molar-refractivity contribution is -0.122. The van der Waals surface area contributed by atoms with Crippen molar-refractivity contribution in [2.75, 3.05) is 13.2 Å². The molecule has 2 rings (SSSR count). The molecule has 0 fully saturated rings. The van der Waals surface area contributed by atoms with Crippen LogP contribution in [0, 0.1) is 0 Å². The number of amides is 2. The molecule has 0 aliphatic carbocycles. The first-order chi connectivity index (χ1) is 13.1. The summed E-state index contributed by atoms with van der Waals surface area (Å²) in [5.74, 6) is 1.14. The van der Waals surface area contributed by atoms with Gasteiger partial charge in [-0.05, 0) is 53.7 Å². The summed E-state index contributed by atoms with van der Waals surface area (Å²) >= 11 is 0. The second-order valence-corrected chi connectivity index (χ2v) is 7.74. The number of nitrogens with zero attached hydrogens (tertiary/aromatic N) is 2. The van der Waals surface area contributed by atoms with Crippen molar-refractivity contribution in [1.82, 2.24) is 20.2 Å². The first kappa shape index (κ1) is 21.5. The number of alkyl carbamates (subject to hydrolysis) is 1. The average molecular weight is 390 g/mol. The number of imidazole rings is 1. The lowest BCUT2D eigenvalue weighted by Crippen LogP contribution is -2.32. The van der Waals surface area contributed by atoms with Crippen molar-refractivity contribution in [1.29, 1.82) is 0 Å². The molecule has 0 radical (unpaired) electrons. The van der Waals surface area contributed by atoms with E-state index in [1.807, 2.05) is 58.2 Å². The van der Waals surface area contributed by atoms with Gasteiger partial charge >= 0.3 is 6.09 Å². The van der Waals surface area contributed by atoms with Gasteiger partial charge in [0.1, 0.15) is 17.2 Å². The Morgan fingerprint density at radius 1 is 1.21 bits per heavy atom. The number of hydrogen-bond acceptors (Lipinski definition) is 5. The van der Waals surface area contributed by atoms with Crippen LogP contribution in [0.15, 0.2) is 18.2 Å². The number of hydrogen-bond donors (Lipinski definition) is 2. The summed E-state index contributed by atoms with van der Waals surface area (Å²) in [6, 6.07) is 5.61. The quantitative estimate of drug-likeness (QED) is 0.757. The molecule has 1 aromatic carbocycles. The molecule has 0 unspecified atom stereocenters. The Hall–Kier alpha value is -2.77. The summed E-state index contributed by atoms with van der Waals surface area (Å²) in [5.41, 5.74) is 1.11. The van der Waals surface area contributed by atoms with Gasteiger partial charge in [0.05, 0.1) is 17.6 Å². The van der Waals surface area contributed by atoms with Crippen LogP contribution >= 0.6 is 0 Å². The minimum atomic E-state index is -0.557. The summed E-state index contributed by atoms with van der Waals surface area (Å²) in [6.45, 7) is 12.2. The van der Waals surface area contributed by atoms with Crippen LogP contribution in [0.1, 0.15) is 53.4 Å². The van der Waals surface area contributed by atoms with Gasteiger partial charge < -0.3 is 24.7 Å². The second kappa shape index (κ2) is 8.95. The third-order valence-corrected chi connectivity index (χ3v) is 3.78. The number of ether oxygens (including phenoxy) is 2. The van der Waals surface area contributed by atoms with E-state index in [1.165, 1.54) is 0 Å². The van der Waals surface area contributed by atoms with E-state index < -0.39 is 11.7 Å². The molecule has 0 saturated carbocycles. The zero-order chi connectivity index (χ0) is 20.9. The predicted molar refractivity (Wildman–Crippen MR) is 107 cm³/mol. The van der Waals surface area contributed by atoms with Gasteiger partial charge in [0.25, 0.3) is 5.91 Å². The first-order valence-corrected chi connectivity index (χ1v) is 9.48. The Labute approximate surface area is 165 Å². The molecule has 2 aromatic rings. The SMILES string of the molecule is CCNC(=O)COc1ccc2nc(CNC(=O)OC(C)(C)C)n(C(C)C)c2c1. The fourth-order valence-electron chi connectivity index (χ4n) is 2.78. The van der Waals surface area contributed by atoms with Gasteiger partial charge in [0, 0.05) is 18.7 Å². The molecule has 0 aliphatic rings. The van der Waals surface area contributed by atoms with Gasteiger partial charge in [0.2, 0.25) is 0 Å². The lowest BCUT2D eigenvalue weighted by Gasteiger charge is -2.20. The highest BCUT2D eigenvalue weighted by Gasteiger charge is 2.18. The van der Waals surface area contributed by atoms with E-state index in [0.717, 1.165) is 16.9 Å². The van der Waals surface area contributed by atoms with Crippen molar-refractivity contribution in [2.45, 2.75) is 59.7 Å². The zero-order valence-electron chi connectivity index (χ0n) is 17.5. The zero-order valence-corrected chi connectivity index (χ0v) is 17.5. The van der Waals surface area contributed by atoms with Gasteiger partial charge in [-0.3, -0.25) is 4.79 Å². The number of benzene rings is 1. The molecule has 8 nitrogen and oxygen atoms in total. The van der Waals surface area contributed by atoms with E-state index in [2.05, 4.69) is 15.6 Å². The fraction of sp³-hybridized carbons (Fsp3) is 0.550. The van der Waals surface area contributed by atoms with Gasteiger partial charge in [-0.25, -0.2) is 9.78 Å². The molecule has 0 bridgehead atoms. The lowest BCUT2D eigenvalue weighted by atomic mass is 10.2. The number of carbonyl (C=O) groups is 2. The van der Waals surface area contributed by atoms with Gasteiger partial charge in [-0.1, -0.05) is 0 Å². The Bertz CT molecular complexity index is 837. The third-order valence-electron chi connectivity index (χ3n) is 3.78. The molecule has 1 heterocycles. The topological polar surface area (TPSA) is 94.5 Å². The van der Waals surface area contributed by atoms with E-state index in [4.69, 9.17) is 9.47 Å². The smallest absolute Gasteiger partial charge is 0.408 e. The van der Waals surface area contributed by atoms with E-state index >= 15 is 0 Å². The van der Waals surface area contributed by atoms with Crippen molar-refractivity contribution >= 4 is 23.0 Å². The molecular weight excluding hydrogens is 360 g/mol. The van der Waals surface area contributed by atoms with Crippen molar-refractivity contribution in [3.63, 3.8) is 0 Å². The fourth-order valence-corrected chi connectivity index (χ4v) is 2.78. The van der Waals surface area contributed by atoms with Crippen LogP contribution in [0.25, 0.3) is 11.0 Å². The van der Waals surface area contributed by atoms with Crippen LogP contribution in [0.4, 0.5) is 4.79 Å². The van der Waals surface area contributed by atoms with Crippen LogP contribution in [-0.2, 0) is 16.1 Å². The molecule has 154 valence electrons. The van der Waals surface area contributed by atoms with Crippen molar-refractivity contribution < 1.29 is 19.1 Å². The molecule has 2 amide bonds. The first-order valence-electron chi connectivity index (χ1n) is 9.48. The maximum absolute atomic E-state index is 12.0.